The van der Waals surface area contributed by atoms with Crippen molar-refractivity contribution in [2.45, 2.75) is 29.5 Å². The maximum atomic E-state index is 13.9. The molecule has 8 rings (SSSR count). The summed E-state index contributed by atoms with van der Waals surface area (Å²) in [6.45, 7) is -0.240. The largest absolute Gasteiger partial charge is 0.453 e. The highest BCUT2D eigenvalue weighted by Crippen LogP contribution is 2.58. The van der Waals surface area contributed by atoms with E-state index in [2.05, 4.69) is 10.3 Å². The minimum absolute atomic E-state index is 0.140. The highest BCUT2D eigenvalue weighted by atomic mass is 17.2. The maximum absolute atomic E-state index is 13.9. The number of anilines is 1. The van der Waals surface area contributed by atoms with Crippen LogP contribution in [0.3, 0.4) is 0 Å². The van der Waals surface area contributed by atoms with Gasteiger partial charge in [-0.25, -0.2) is 29.5 Å². The molecule has 2 aromatic heterocycles. The van der Waals surface area contributed by atoms with Crippen LogP contribution in [0.1, 0.15) is 37.4 Å². The van der Waals surface area contributed by atoms with Gasteiger partial charge in [-0.2, -0.15) is 0 Å². The second-order valence-electron chi connectivity index (χ2n) is 13.2. The van der Waals surface area contributed by atoms with Crippen LogP contribution >= 0.6 is 0 Å². The summed E-state index contributed by atoms with van der Waals surface area (Å²) in [7, 11) is 1.36. The number of amides is 1. The number of carbonyl (C=O) groups excluding carboxylic acids is 2. The van der Waals surface area contributed by atoms with E-state index in [4.69, 9.17) is 29.2 Å². The summed E-state index contributed by atoms with van der Waals surface area (Å²) in [6.07, 6.45) is -1.27. The van der Waals surface area contributed by atoms with Gasteiger partial charge < -0.3 is 19.9 Å². The smallest absolute Gasteiger partial charge is 0.338 e. The number of aromatic nitrogens is 4. The second-order valence-corrected chi connectivity index (χ2v) is 13.2. The molecule has 0 bridgehead atoms. The molecular formula is C44H37N5O7. The standard InChI is InChI=1S/C44H37N5O7/c1-53-54-27-35-37(55-42(52)31-19-9-3-10-20-31)38(50)44(56-35,49-29-47-36-39(45-28-46-40(36)49)48-41(51)30-17-7-2-8-18-30)43(32-21-11-4-12-22-32,33-23-13-5-14-24-33)34-25-15-6-16-26-34/h2-26,28-29,35,37-38,50H,27H2,1H3,(H,45,46,48,51)/t35-,37-,38-,44+/m1/s1. The van der Waals surface area contributed by atoms with Crippen LogP contribution in [0.25, 0.3) is 11.2 Å². The van der Waals surface area contributed by atoms with E-state index < -0.39 is 41.3 Å². The van der Waals surface area contributed by atoms with Crippen molar-refractivity contribution in [3.63, 3.8) is 0 Å². The van der Waals surface area contributed by atoms with E-state index in [9.17, 15) is 14.7 Å². The van der Waals surface area contributed by atoms with E-state index in [1.54, 1.807) is 59.2 Å². The molecule has 56 heavy (non-hydrogen) atoms. The van der Waals surface area contributed by atoms with E-state index in [-0.39, 0.29) is 29.2 Å². The van der Waals surface area contributed by atoms with Crippen LogP contribution in [-0.2, 0) is 30.4 Å². The molecule has 1 aliphatic heterocycles. The Morgan fingerprint density at radius 3 is 1.80 bits per heavy atom. The number of fused-ring (bicyclic) bond motifs is 1. The zero-order valence-corrected chi connectivity index (χ0v) is 30.2. The number of carbonyl (C=O) groups is 2. The topological polar surface area (TPSA) is 147 Å². The average Bonchev–Trinajstić information content (AvgIpc) is 3.82. The lowest BCUT2D eigenvalue weighted by atomic mass is 9.60. The highest BCUT2D eigenvalue weighted by molar-refractivity contribution is 6.06. The Kier molecular flexibility index (Phi) is 10.2. The highest BCUT2D eigenvalue weighted by Gasteiger charge is 2.70. The Morgan fingerprint density at radius 2 is 1.27 bits per heavy atom. The van der Waals surface area contributed by atoms with Gasteiger partial charge in [-0.15, -0.1) is 0 Å². The van der Waals surface area contributed by atoms with Gasteiger partial charge in [0.25, 0.3) is 5.91 Å². The van der Waals surface area contributed by atoms with Gasteiger partial charge >= 0.3 is 5.97 Å². The van der Waals surface area contributed by atoms with Gasteiger partial charge in [0.1, 0.15) is 25.1 Å². The molecule has 12 heteroatoms. The van der Waals surface area contributed by atoms with Gasteiger partial charge in [0.15, 0.2) is 28.8 Å². The first-order chi connectivity index (χ1) is 27.5. The van der Waals surface area contributed by atoms with Gasteiger partial charge in [-0.3, -0.25) is 9.36 Å². The number of nitrogens with one attached hydrogen (secondary N) is 1. The van der Waals surface area contributed by atoms with Crippen molar-refractivity contribution < 1.29 is 33.9 Å². The monoisotopic (exact) mass is 747 g/mol. The van der Waals surface area contributed by atoms with Crippen molar-refractivity contribution in [2.75, 3.05) is 19.0 Å². The van der Waals surface area contributed by atoms with E-state index in [0.717, 1.165) is 16.7 Å². The number of ether oxygens (including phenoxy) is 2. The quantitative estimate of drug-likeness (QED) is 0.0629. The molecule has 1 amide bonds. The fourth-order valence-electron chi connectivity index (χ4n) is 7.78. The fraction of sp³-hybridized carbons (Fsp3) is 0.159. The molecule has 0 spiro atoms. The Morgan fingerprint density at radius 1 is 0.750 bits per heavy atom. The molecule has 0 aliphatic carbocycles. The molecule has 5 aromatic carbocycles. The molecule has 12 nitrogen and oxygen atoms in total. The molecule has 2 N–H and O–H groups in total. The van der Waals surface area contributed by atoms with Crippen LogP contribution in [0.15, 0.2) is 164 Å². The van der Waals surface area contributed by atoms with Gasteiger partial charge in [0.05, 0.1) is 24.4 Å². The molecule has 280 valence electrons. The minimum Gasteiger partial charge on any atom is -0.453 e. The first-order valence-corrected chi connectivity index (χ1v) is 18.0. The Hall–Kier alpha value is -6.57. The van der Waals surface area contributed by atoms with Gasteiger partial charge in [-0.1, -0.05) is 127 Å². The zero-order chi connectivity index (χ0) is 38.5. The summed E-state index contributed by atoms with van der Waals surface area (Å²) in [6, 6.07) is 46.2. The number of nitrogens with zero attached hydrogens (tertiary/aromatic N) is 4. The molecule has 0 unspecified atom stereocenters. The summed E-state index contributed by atoms with van der Waals surface area (Å²) in [5.41, 5.74) is -0.0514. The van der Waals surface area contributed by atoms with E-state index in [0.29, 0.717) is 5.56 Å². The van der Waals surface area contributed by atoms with Crippen LogP contribution in [0.5, 0.6) is 0 Å². The number of aliphatic hydroxyl groups is 1. The summed E-state index contributed by atoms with van der Waals surface area (Å²) < 4.78 is 15.2. The Labute approximate surface area is 322 Å². The minimum atomic E-state index is -1.95. The number of hydrogen-bond acceptors (Lipinski definition) is 10. The van der Waals surface area contributed by atoms with Crippen LogP contribution in [0.2, 0.25) is 0 Å². The molecule has 3 heterocycles. The van der Waals surface area contributed by atoms with E-state index in [1.807, 2.05) is 97.1 Å². The van der Waals surface area contributed by atoms with Gasteiger partial charge in [0.2, 0.25) is 0 Å². The lowest BCUT2D eigenvalue weighted by Crippen LogP contribution is -2.61. The van der Waals surface area contributed by atoms with Crippen LogP contribution in [0.4, 0.5) is 5.82 Å². The number of imidazole rings is 1. The second kappa shape index (κ2) is 15.7. The van der Waals surface area contributed by atoms with Crippen molar-refractivity contribution in [3.8, 4) is 0 Å². The molecule has 1 aliphatic rings. The zero-order valence-electron chi connectivity index (χ0n) is 30.2. The summed E-state index contributed by atoms with van der Waals surface area (Å²) in [4.78, 5) is 51.7. The van der Waals surface area contributed by atoms with Crippen LogP contribution in [-0.4, -0.2) is 68.5 Å². The number of esters is 1. The van der Waals surface area contributed by atoms with E-state index >= 15 is 0 Å². The normalized spacial score (nSPS) is 19.4. The van der Waals surface area contributed by atoms with E-state index in [1.165, 1.54) is 19.8 Å². The molecule has 0 radical (unpaired) electrons. The molecule has 4 atom stereocenters. The third-order valence-electron chi connectivity index (χ3n) is 10.1. The molecule has 7 aromatic rings. The van der Waals surface area contributed by atoms with Crippen molar-refractivity contribution in [1.29, 1.82) is 0 Å². The number of benzene rings is 5. The molecule has 1 saturated heterocycles. The lowest BCUT2D eigenvalue weighted by Gasteiger charge is -2.51. The first kappa shape index (κ1) is 36.4. The van der Waals surface area contributed by atoms with Crippen molar-refractivity contribution in [1.82, 2.24) is 19.5 Å². The number of rotatable bonds is 12. The predicted octanol–water partition coefficient (Wildman–Crippen LogP) is 6.33. The number of aliphatic hydroxyl groups excluding tert-OH is 1. The van der Waals surface area contributed by atoms with Crippen molar-refractivity contribution in [2.24, 2.45) is 0 Å². The Bertz CT molecular complexity index is 2320. The summed E-state index contributed by atoms with van der Waals surface area (Å²) in [5.74, 6) is -0.935. The van der Waals surface area contributed by atoms with Crippen LogP contribution < -0.4 is 5.32 Å². The van der Waals surface area contributed by atoms with Crippen molar-refractivity contribution in [3.05, 3.63) is 192 Å². The summed E-state index contributed by atoms with van der Waals surface area (Å²) in [5, 5.41) is 16.2. The maximum Gasteiger partial charge on any atom is 0.338 e. The van der Waals surface area contributed by atoms with Crippen molar-refractivity contribution >= 4 is 28.9 Å². The Balaban J connectivity index is 1.43. The third-order valence-corrected chi connectivity index (χ3v) is 10.1. The molecule has 0 saturated carbocycles. The van der Waals surface area contributed by atoms with Gasteiger partial charge in [0, 0.05) is 5.56 Å². The lowest BCUT2D eigenvalue weighted by molar-refractivity contribution is -0.295. The van der Waals surface area contributed by atoms with Crippen LogP contribution in [0, 0.1) is 0 Å². The average molecular weight is 748 g/mol. The SMILES string of the molecule is COOC[C@H]1O[C@](n2cnc3c(NC(=O)c4ccccc4)ncnc32)(C(c2ccccc2)(c2ccccc2)c2ccccc2)[C@H](O)[C@@H]1OC(=O)c1ccccc1. The molecule has 1 fully saturated rings. The number of hydrogen-bond donors (Lipinski definition) is 2. The fourth-order valence-corrected chi connectivity index (χ4v) is 7.78. The third kappa shape index (κ3) is 6.20. The van der Waals surface area contributed by atoms with Gasteiger partial charge in [-0.05, 0) is 41.0 Å². The first-order valence-electron chi connectivity index (χ1n) is 18.0. The summed E-state index contributed by atoms with van der Waals surface area (Å²) >= 11 is 0. The predicted molar refractivity (Wildman–Crippen MR) is 206 cm³/mol. The molecular weight excluding hydrogens is 711 g/mol.